The van der Waals surface area contributed by atoms with E-state index in [-0.39, 0.29) is 11.3 Å². The van der Waals surface area contributed by atoms with Gasteiger partial charge >= 0.3 is 0 Å². The van der Waals surface area contributed by atoms with Gasteiger partial charge in [0.2, 0.25) is 0 Å². The van der Waals surface area contributed by atoms with Gasteiger partial charge in [0.1, 0.15) is 5.82 Å². The number of H-pyrrole nitrogens is 1. The highest BCUT2D eigenvalue weighted by Gasteiger charge is 2.20. The van der Waals surface area contributed by atoms with Crippen LogP contribution in [-0.4, -0.2) is 15.8 Å². The molecule has 0 aliphatic heterocycles. The quantitative estimate of drug-likeness (QED) is 0.732. The second kappa shape index (κ2) is 4.59. The Balaban J connectivity index is 2.20. The highest BCUT2D eigenvalue weighted by atomic mass is 79.9. The lowest BCUT2D eigenvalue weighted by Gasteiger charge is -2.04. The van der Waals surface area contributed by atoms with Crippen molar-refractivity contribution in [2.24, 2.45) is 0 Å². The fourth-order valence-corrected chi connectivity index (χ4v) is 2.52. The second-order valence-electron chi connectivity index (χ2n) is 4.05. The number of halogens is 2. The van der Waals surface area contributed by atoms with Crippen molar-refractivity contribution in [1.82, 2.24) is 9.97 Å². The Labute approximate surface area is 116 Å². The molecule has 94 valence electrons. The van der Waals surface area contributed by atoms with E-state index in [4.69, 9.17) is 0 Å². The number of hydrogen-bond acceptors (Lipinski definition) is 2. The van der Waals surface area contributed by atoms with Crippen LogP contribution in [0.25, 0.3) is 10.9 Å². The number of hydrogen-bond donors (Lipinski definition) is 1. The number of fused-ring (bicyclic) bond motifs is 1. The lowest BCUT2D eigenvalue weighted by Crippen LogP contribution is -2.04. The van der Waals surface area contributed by atoms with Crippen LogP contribution in [0.3, 0.4) is 0 Å². The minimum atomic E-state index is -0.544. The molecule has 0 radical (unpaired) electrons. The lowest BCUT2D eigenvalue weighted by atomic mass is 10.0. The SMILES string of the molecule is O=C(c1c(F)cccc1Br)c1c[nH]c2ccncc12. The molecule has 0 spiro atoms. The van der Waals surface area contributed by atoms with Gasteiger partial charge < -0.3 is 4.98 Å². The summed E-state index contributed by atoms with van der Waals surface area (Å²) < 4.78 is 14.3. The molecule has 0 bridgehead atoms. The average Bonchev–Trinajstić information content (AvgIpc) is 2.82. The van der Waals surface area contributed by atoms with Gasteiger partial charge in [0.25, 0.3) is 0 Å². The van der Waals surface area contributed by atoms with E-state index in [0.717, 1.165) is 5.52 Å². The first kappa shape index (κ1) is 12.0. The summed E-state index contributed by atoms with van der Waals surface area (Å²) in [6.07, 6.45) is 4.80. The maximum absolute atomic E-state index is 13.8. The predicted molar refractivity (Wildman–Crippen MR) is 73.6 cm³/mol. The summed E-state index contributed by atoms with van der Waals surface area (Å²) in [6, 6.07) is 6.23. The van der Waals surface area contributed by atoms with Crippen LogP contribution in [0.1, 0.15) is 15.9 Å². The van der Waals surface area contributed by atoms with Crippen LogP contribution in [0.5, 0.6) is 0 Å². The molecule has 3 aromatic rings. The zero-order valence-electron chi connectivity index (χ0n) is 9.65. The molecule has 0 amide bonds. The van der Waals surface area contributed by atoms with Gasteiger partial charge in [-0.25, -0.2) is 4.39 Å². The van der Waals surface area contributed by atoms with E-state index in [9.17, 15) is 9.18 Å². The van der Waals surface area contributed by atoms with Crippen LogP contribution in [0.2, 0.25) is 0 Å². The van der Waals surface area contributed by atoms with Gasteiger partial charge in [-0.1, -0.05) is 6.07 Å². The number of rotatable bonds is 2. The first-order chi connectivity index (χ1) is 9.18. The molecule has 0 saturated carbocycles. The second-order valence-corrected chi connectivity index (χ2v) is 4.90. The molecule has 3 nitrogen and oxygen atoms in total. The molecular formula is C14H8BrFN2O. The van der Waals surface area contributed by atoms with Gasteiger partial charge in [-0.05, 0) is 34.1 Å². The number of ketones is 1. The van der Waals surface area contributed by atoms with Crippen molar-refractivity contribution < 1.29 is 9.18 Å². The van der Waals surface area contributed by atoms with Crippen molar-refractivity contribution >= 4 is 32.6 Å². The number of benzene rings is 1. The van der Waals surface area contributed by atoms with Gasteiger partial charge in [0.05, 0.1) is 5.56 Å². The van der Waals surface area contributed by atoms with E-state index in [1.165, 1.54) is 6.07 Å². The Bertz CT molecular complexity index is 762. The Morgan fingerprint density at radius 1 is 1.32 bits per heavy atom. The number of aromatic amines is 1. The third kappa shape index (κ3) is 1.96. The fourth-order valence-electron chi connectivity index (χ4n) is 2.00. The lowest BCUT2D eigenvalue weighted by molar-refractivity contribution is 0.103. The number of carbonyl (C=O) groups excluding carboxylic acids is 1. The van der Waals surface area contributed by atoms with Gasteiger partial charge in [-0.2, -0.15) is 0 Å². The fraction of sp³-hybridized carbons (Fsp3) is 0. The van der Waals surface area contributed by atoms with Crippen molar-refractivity contribution in [1.29, 1.82) is 0 Å². The molecule has 0 atom stereocenters. The summed E-state index contributed by atoms with van der Waals surface area (Å²) in [5.74, 6) is -0.915. The molecule has 0 fully saturated rings. The molecular weight excluding hydrogens is 311 g/mol. The molecule has 0 aliphatic rings. The van der Waals surface area contributed by atoms with Gasteiger partial charge in [0, 0.05) is 39.5 Å². The maximum atomic E-state index is 13.8. The van der Waals surface area contributed by atoms with Gasteiger partial charge in [-0.3, -0.25) is 9.78 Å². The van der Waals surface area contributed by atoms with E-state index in [0.29, 0.717) is 15.4 Å². The monoisotopic (exact) mass is 318 g/mol. The summed E-state index contributed by atoms with van der Waals surface area (Å²) >= 11 is 3.21. The molecule has 0 saturated heterocycles. The number of aromatic nitrogens is 2. The molecule has 0 unspecified atom stereocenters. The molecule has 5 heteroatoms. The molecule has 1 aromatic carbocycles. The molecule has 0 aliphatic carbocycles. The van der Waals surface area contributed by atoms with E-state index < -0.39 is 5.82 Å². The summed E-state index contributed by atoms with van der Waals surface area (Å²) in [4.78, 5) is 19.4. The topological polar surface area (TPSA) is 45.8 Å². The van der Waals surface area contributed by atoms with Crippen LogP contribution < -0.4 is 0 Å². The molecule has 2 heterocycles. The van der Waals surface area contributed by atoms with Crippen molar-refractivity contribution in [3.8, 4) is 0 Å². The summed E-state index contributed by atoms with van der Waals surface area (Å²) in [5.41, 5.74) is 1.24. The van der Waals surface area contributed by atoms with Gasteiger partial charge in [0.15, 0.2) is 5.78 Å². The smallest absolute Gasteiger partial charge is 0.199 e. The first-order valence-corrected chi connectivity index (χ1v) is 6.37. The van der Waals surface area contributed by atoms with E-state index >= 15 is 0 Å². The molecule has 3 rings (SSSR count). The van der Waals surface area contributed by atoms with Crippen molar-refractivity contribution in [3.63, 3.8) is 0 Å². The highest BCUT2D eigenvalue weighted by molar-refractivity contribution is 9.10. The zero-order valence-corrected chi connectivity index (χ0v) is 11.2. The van der Waals surface area contributed by atoms with Crippen molar-refractivity contribution in [2.45, 2.75) is 0 Å². The average molecular weight is 319 g/mol. The van der Waals surface area contributed by atoms with Crippen molar-refractivity contribution in [3.05, 3.63) is 64.3 Å². The predicted octanol–water partition coefficient (Wildman–Crippen LogP) is 3.70. The maximum Gasteiger partial charge on any atom is 0.199 e. The van der Waals surface area contributed by atoms with Crippen LogP contribution in [-0.2, 0) is 0 Å². The minimum Gasteiger partial charge on any atom is -0.360 e. The van der Waals surface area contributed by atoms with Crippen LogP contribution >= 0.6 is 15.9 Å². The summed E-state index contributed by atoms with van der Waals surface area (Å²) in [7, 11) is 0. The van der Waals surface area contributed by atoms with E-state index in [1.54, 1.807) is 36.8 Å². The third-order valence-electron chi connectivity index (χ3n) is 2.92. The van der Waals surface area contributed by atoms with Crippen LogP contribution in [0.4, 0.5) is 4.39 Å². The molecule has 1 N–H and O–H groups in total. The Morgan fingerprint density at radius 2 is 2.16 bits per heavy atom. The Hall–Kier alpha value is -2.01. The number of carbonyl (C=O) groups is 1. The Kier molecular flexibility index (Phi) is 2.91. The molecule has 2 aromatic heterocycles. The van der Waals surface area contributed by atoms with Crippen molar-refractivity contribution in [2.75, 3.05) is 0 Å². The minimum absolute atomic E-state index is 0.0345. The first-order valence-electron chi connectivity index (χ1n) is 5.58. The largest absolute Gasteiger partial charge is 0.360 e. The van der Waals surface area contributed by atoms with Crippen LogP contribution in [0, 0.1) is 5.82 Å². The zero-order chi connectivity index (χ0) is 13.4. The highest BCUT2D eigenvalue weighted by Crippen LogP contribution is 2.26. The number of nitrogens with zero attached hydrogens (tertiary/aromatic N) is 1. The molecule has 19 heavy (non-hydrogen) atoms. The standard InChI is InChI=1S/C14H8BrFN2O/c15-10-2-1-3-11(16)13(10)14(19)9-7-18-12-4-5-17-6-8(9)12/h1-7,18H. The van der Waals surface area contributed by atoms with E-state index in [2.05, 4.69) is 25.9 Å². The third-order valence-corrected chi connectivity index (χ3v) is 3.58. The number of nitrogens with one attached hydrogen (secondary N) is 1. The summed E-state index contributed by atoms with van der Waals surface area (Å²) in [6.45, 7) is 0. The normalized spacial score (nSPS) is 10.8. The van der Waals surface area contributed by atoms with E-state index in [1.807, 2.05) is 0 Å². The summed E-state index contributed by atoms with van der Waals surface area (Å²) in [5, 5.41) is 0.683. The van der Waals surface area contributed by atoms with Crippen LogP contribution in [0.15, 0.2) is 47.3 Å². The number of pyridine rings is 1. The van der Waals surface area contributed by atoms with Gasteiger partial charge in [-0.15, -0.1) is 0 Å². The Morgan fingerprint density at radius 3 is 2.95 bits per heavy atom.